The van der Waals surface area contributed by atoms with Crippen molar-refractivity contribution < 1.29 is 0 Å². The van der Waals surface area contributed by atoms with Gasteiger partial charge in [0.15, 0.2) is 0 Å². The lowest BCUT2D eigenvalue weighted by atomic mass is 9.86. The molecule has 0 aromatic heterocycles. The van der Waals surface area contributed by atoms with E-state index in [2.05, 4.69) is 121 Å². The number of fused-ring (bicyclic) bond motifs is 3. The fraction of sp³-hybridized carbons (Fsp3) is 0.226. The van der Waals surface area contributed by atoms with Crippen LogP contribution in [0.1, 0.15) is 50.7 Å². The first kappa shape index (κ1) is 20.7. The molecule has 0 N–H and O–H groups in total. The van der Waals surface area contributed by atoms with E-state index in [4.69, 9.17) is 0 Å². The van der Waals surface area contributed by atoms with Gasteiger partial charge in [0, 0.05) is 27.5 Å². The van der Waals surface area contributed by atoms with Crippen LogP contribution in [0.3, 0.4) is 0 Å². The van der Waals surface area contributed by atoms with Crippen molar-refractivity contribution in [3.63, 3.8) is 0 Å². The summed E-state index contributed by atoms with van der Waals surface area (Å²) in [6, 6.07) is 19.6. The Morgan fingerprint density at radius 1 is 0.879 bits per heavy atom. The maximum Gasteiger partial charge on any atom is 0.0545 e. The van der Waals surface area contributed by atoms with Crippen molar-refractivity contribution >= 4 is 27.7 Å². The van der Waals surface area contributed by atoms with Crippen LogP contribution in [0, 0.1) is 5.92 Å². The first-order chi connectivity index (χ1) is 16.0. The zero-order valence-corrected chi connectivity index (χ0v) is 21.0. The molecule has 164 valence electrons. The second-order valence-corrected chi connectivity index (χ2v) is 10.4. The molecule has 0 saturated heterocycles. The minimum atomic E-state index is 0.303. The molecule has 0 radical (unpaired) electrons. The molecule has 3 aliphatic carbocycles. The lowest BCUT2D eigenvalue weighted by molar-refractivity contribution is 0.741. The molecule has 2 unspecified atom stereocenters. The van der Waals surface area contributed by atoms with Gasteiger partial charge in [-0.3, -0.25) is 0 Å². The normalized spacial score (nSPS) is 23.2. The Kier molecular flexibility index (Phi) is 4.96. The molecule has 0 amide bonds. The van der Waals surface area contributed by atoms with Gasteiger partial charge in [0.05, 0.1) is 5.92 Å². The number of para-hydroxylation sites is 1. The molecule has 0 bridgehead atoms. The highest BCUT2D eigenvalue weighted by molar-refractivity contribution is 9.11. The lowest BCUT2D eigenvalue weighted by Crippen LogP contribution is -2.21. The lowest BCUT2D eigenvalue weighted by Gasteiger charge is -2.29. The Morgan fingerprint density at radius 2 is 1.64 bits per heavy atom. The summed E-state index contributed by atoms with van der Waals surface area (Å²) in [6.07, 6.45) is 11.8. The summed E-state index contributed by atoms with van der Waals surface area (Å²) in [6.45, 7) is 6.82. The highest BCUT2D eigenvalue weighted by Crippen LogP contribution is 2.53. The van der Waals surface area contributed by atoms with Crippen LogP contribution in [0.25, 0.3) is 6.08 Å². The summed E-state index contributed by atoms with van der Waals surface area (Å²) in [5.41, 5.74) is 13.9. The third kappa shape index (κ3) is 3.19. The van der Waals surface area contributed by atoms with Crippen molar-refractivity contribution in [2.75, 3.05) is 4.90 Å². The zero-order chi connectivity index (χ0) is 22.7. The van der Waals surface area contributed by atoms with E-state index in [-0.39, 0.29) is 0 Å². The number of anilines is 1. The highest BCUT2D eigenvalue weighted by atomic mass is 79.9. The van der Waals surface area contributed by atoms with E-state index in [1.807, 2.05) is 0 Å². The number of allylic oxidation sites excluding steroid dienone is 9. The number of hydrogen-bond acceptors (Lipinski definition) is 1. The van der Waals surface area contributed by atoms with Gasteiger partial charge in [-0.1, -0.05) is 76.6 Å². The molecule has 2 aromatic rings. The van der Waals surface area contributed by atoms with Crippen LogP contribution in [0.2, 0.25) is 0 Å². The fourth-order valence-corrected chi connectivity index (χ4v) is 6.85. The minimum Gasteiger partial charge on any atom is -0.317 e. The molecule has 4 aliphatic rings. The maximum atomic E-state index is 4.05. The first-order valence-electron chi connectivity index (χ1n) is 11.9. The van der Waals surface area contributed by atoms with E-state index in [0.717, 1.165) is 12.8 Å². The quantitative estimate of drug-likeness (QED) is 0.411. The number of hydrogen-bond donors (Lipinski definition) is 0. The molecule has 1 aliphatic heterocycles. The minimum absolute atomic E-state index is 0.303. The van der Waals surface area contributed by atoms with Crippen molar-refractivity contribution in [1.29, 1.82) is 0 Å². The SMILES string of the molecule is CC1=CC2=C(Br)C3C(=CC2=C1CCC1C=Cc2ccccc21)N(c1ccccc1)C(C)=C3C. The Morgan fingerprint density at radius 3 is 2.45 bits per heavy atom. The average molecular weight is 494 g/mol. The van der Waals surface area contributed by atoms with Crippen LogP contribution in [0.5, 0.6) is 0 Å². The molecule has 1 heterocycles. The van der Waals surface area contributed by atoms with Gasteiger partial charge in [0.1, 0.15) is 0 Å². The largest absolute Gasteiger partial charge is 0.317 e. The number of benzene rings is 2. The van der Waals surface area contributed by atoms with Gasteiger partial charge in [-0.25, -0.2) is 0 Å². The van der Waals surface area contributed by atoms with E-state index in [0.29, 0.717) is 11.8 Å². The van der Waals surface area contributed by atoms with E-state index >= 15 is 0 Å². The smallest absolute Gasteiger partial charge is 0.0545 e. The summed E-state index contributed by atoms with van der Waals surface area (Å²) in [4.78, 5) is 2.45. The molecular formula is C31H28BrN. The van der Waals surface area contributed by atoms with Crippen LogP contribution in [0.4, 0.5) is 5.69 Å². The molecule has 33 heavy (non-hydrogen) atoms. The molecular weight excluding hydrogens is 466 g/mol. The first-order valence-corrected chi connectivity index (χ1v) is 12.7. The summed E-state index contributed by atoms with van der Waals surface area (Å²) < 4.78 is 1.31. The second kappa shape index (κ2) is 7.88. The van der Waals surface area contributed by atoms with Crippen LogP contribution >= 0.6 is 15.9 Å². The fourth-order valence-electron chi connectivity index (χ4n) is 5.95. The molecule has 2 aromatic carbocycles. The van der Waals surface area contributed by atoms with Crippen LogP contribution in [-0.2, 0) is 0 Å². The maximum absolute atomic E-state index is 4.05. The van der Waals surface area contributed by atoms with Crippen molar-refractivity contribution in [2.24, 2.45) is 5.92 Å². The van der Waals surface area contributed by atoms with Gasteiger partial charge >= 0.3 is 0 Å². The predicted octanol–water partition coefficient (Wildman–Crippen LogP) is 8.81. The van der Waals surface area contributed by atoms with Crippen molar-refractivity contribution in [2.45, 2.75) is 39.5 Å². The number of rotatable bonds is 4. The molecule has 0 spiro atoms. The van der Waals surface area contributed by atoms with Gasteiger partial charge in [-0.2, -0.15) is 0 Å². The molecule has 0 saturated carbocycles. The van der Waals surface area contributed by atoms with Gasteiger partial charge in [0.25, 0.3) is 0 Å². The molecule has 1 nitrogen and oxygen atoms in total. The summed E-state index contributed by atoms with van der Waals surface area (Å²) in [5.74, 6) is 0.818. The summed E-state index contributed by atoms with van der Waals surface area (Å²) in [7, 11) is 0. The van der Waals surface area contributed by atoms with Crippen LogP contribution < -0.4 is 4.90 Å². The monoisotopic (exact) mass is 493 g/mol. The van der Waals surface area contributed by atoms with E-state index in [1.54, 1.807) is 0 Å². The van der Waals surface area contributed by atoms with Gasteiger partial charge in [-0.15, -0.1) is 0 Å². The predicted molar refractivity (Wildman–Crippen MR) is 143 cm³/mol. The van der Waals surface area contributed by atoms with Crippen LogP contribution in [0.15, 0.2) is 117 Å². The van der Waals surface area contributed by atoms with Crippen molar-refractivity contribution in [3.8, 4) is 0 Å². The third-order valence-electron chi connectivity index (χ3n) is 7.77. The third-order valence-corrected chi connectivity index (χ3v) is 8.66. The van der Waals surface area contributed by atoms with Crippen molar-refractivity contribution in [1.82, 2.24) is 0 Å². The van der Waals surface area contributed by atoms with E-state index in [1.165, 1.54) is 60.6 Å². The highest BCUT2D eigenvalue weighted by Gasteiger charge is 2.40. The zero-order valence-electron chi connectivity index (χ0n) is 19.4. The average Bonchev–Trinajstić information content (AvgIpc) is 3.46. The standard InChI is InChI=1S/C31H28BrN/c1-19-17-28-27(25(19)16-15-23-14-13-22-9-7-8-12-26(22)23)18-29-30(31(28)32)20(2)21(3)33(29)24-10-5-4-6-11-24/h4-14,17-18,23,30H,15-16H2,1-3H3. The molecule has 6 rings (SSSR count). The Labute approximate surface area is 205 Å². The summed E-state index contributed by atoms with van der Waals surface area (Å²) in [5, 5.41) is 0. The Hall–Kier alpha value is -2.84. The second-order valence-electron chi connectivity index (χ2n) is 9.56. The topological polar surface area (TPSA) is 3.24 Å². The molecule has 2 atom stereocenters. The Bertz CT molecular complexity index is 1350. The molecule has 0 fully saturated rings. The number of nitrogens with zero attached hydrogens (tertiary/aromatic N) is 1. The molecule has 2 heteroatoms. The van der Waals surface area contributed by atoms with E-state index < -0.39 is 0 Å². The Balaban J connectivity index is 1.38. The van der Waals surface area contributed by atoms with Gasteiger partial charge < -0.3 is 4.90 Å². The van der Waals surface area contributed by atoms with Gasteiger partial charge in [-0.05, 0) is 90.8 Å². The van der Waals surface area contributed by atoms with Crippen molar-refractivity contribution in [3.05, 3.63) is 128 Å². The van der Waals surface area contributed by atoms with Crippen LogP contribution in [-0.4, -0.2) is 0 Å². The number of halogens is 1. The van der Waals surface area contributed by atoms with E-state index in [9.17, 15) is 0 Å². The van der Waals surface area contributed by atoms with Gasteiger partial charge in [0.2, 0.25) is 0 Å². The summed E-state index contributed by atoms with van der Waals surface area (Å²) >= 11 is 4.05.